The molecule has 6 rings (SSSR count). The van der Waals surface area contributed by atoms with Crippen molar-refractivity contribution in [1.29, 1.82) is 0 Å². The summed E-state index contributed by atoms with van der Waals surface area (Å²) < 4.78 is 11.9. The lowest BCUT2D eigenvalue weighted by atomic mass is 9.45. The molecule has 37 heavy (non-hydrogen) atoms. The normalized spacial score (nSPS) is 43.8. The first-order valence-corrected chi connectivity index (χ1v) is 15.1. The molecular formula is C32H48N2O3. The van der Waals surface area contributed by atoms with Crippen LogP contribution in [-0.4, -0.2) is 62.4 Å². The number of hydrogen-bond acceptors (Lipinski definition) is 5. The first kappa shape index (κ1) is 25.7. The molecule has 0 bridgehead atoms. The van der Waals surface area contributed by atoms with Gasteiger partial charge in [0.25, 0.3) is 0 Å². The Hall–Kier alpha value is -1.59. The largest absolute Gasteiger partial charge is 0.460 e. The maximum atomic E-state index is 12.3. The minimum absolute atomic E-state index is 0.0230. The minimum atomic E-state index is -0.108. The molecule has 0 amide bonds. The maximum Gasteiger partial charge on any atom is 0.302 e. The Morgan fingerprint density at radius 2 is 1.70 bits per heavy atom. The van der Waals surface area contributed by atoms with Gasteiger partial charge < -0.3 is 14.4 Å². The summed E-state index contributed by atoms with van der Waals surface area (Å²) in [6.07, 6.45) is 10.4. The molecule has 5 heteroatoms. The Morgan fingerprint density at radius 3 is 2.43 bits per heavy atom. The van der Waals surface area contributed by atoms with E-state index in [-0.39, 0.29) is 17.5 Å². The van der Waals surface area contributed by atoms with Crippen molar-refractivity contribution in [3.8, 4) is 0 Å². The molecule has 1 aromatic carbocycles. The summed E-state index contributed by atoms with van der Waals surface area (Å²) in [6.45, 7) is 10.3. The molecule has 0 unspecified atom stereocenters. The van der Waals surface area contributed by atoms with Crippen LogP contribution in [-0.2, 0) is 14.3 Å². The van der Waals surface area contributed by atoms with E-state index in [1.807, 2.05) is 0 Å². The Labute approximate surface area is 224 Å². The van der Waals surface area contributed by atoms with Crippen molar-refractivity contribution in [3.63, 3.8) is 0 Å². The fourth-order valence-corrected chi connectivity index (χ4v) is 10.1. The van der Waals surface area contributed by atoms with E-state index >= 15 is 0 Å². The molecule has 4 aliphatic carbocycles. The van der Waals surface area contributed by atoms with Crippen molar-refractivity contribution in [2.45, 2.75) is 90.3 Å². The Balaban J connectivity index is 1.21. The first-order chi connectivity index (χ1) is 17.8. The smallest absolute Gasteiger partial charge is 0.302 e. The predicted molar refractivity (Wildman–Crippen MR) is 147 cm³/mol. The molecule has 1 aromatic rings. The topological polar surface area (TPSA) is 42.0 Å². The third kappa shape index (κ3) is 4.33. The number of carbonyl (C=O) groups is 1. The molecule has 4 saturated carbocycles. The lowest BCUT2D eigenvalue weighted by Crippen LogP contribution is -2.56. The number of benzene rings is 1. The van der Waals surface area contributed by atoms with Gasteiger partial charge in [0.1, 0.15) is 6.10 Å². The van der Waals surface area contributed by atoms with Gasteiger partial charge in [0.15, 0.2) is 0 Å². The second-order valence-electron chi connectivity index (χ2n) is 13.6. The van der Waals surface area contributed by atoms with Crippen LogP contribution in [0.3, 0.4) is 0 Å². The van der Waals surface area contributed by atoms with Gasteiger partial charge in [-0.25, -0.2) is 0 Å². The van der Waals surface area contributed by atoms with Gasteiger partial charge in [-0.05, 0) is 92.6 Å². The average molecular weight is 509 g/mol. The van der Waals surface area contributed by atoms with Crippen molar-refractivity contribution < 1.29 is 14.3 Å². The summed E-state index contributed by atoms with van der Waals surface area (Å²) in [5.41, 5.74) is 1.91. The van der Waals surface area contributed by atoms with Crippen molar-refractivity contribution >= 4 is 11.7 Å². The van der Waals surface area contributed by atoms with Gasteiger partial charge >= 0.3 is 5.97 Å². The molecule has 0 radical (unpaired) electrons. The lowest BCUT2D eigenvalue weighted by molar-refractivity contribution is -0.166. The fraction of sp³-hybridized carbons (Fsp3) is 0.781. The Bertz CT molecular complexity index is 964. The van der Waals surface area contributed by atoms with Crippen LogP contribution in [0.5, 0.6) is 0 Å². The number of esters is 1. The highest BCUT2D eigenvalue weighted by Crippen LogP contribution is 2.67. The van der Waals surface area contributed by atoms with Gasteiger partial charge in [0, 0.05) is 50.2 Å². The van der Waals surface area contributed by atoms with Crippen LogP contribution in [0.25, 0.3) is 0 Å². The third-order valence-electron chi connectivity index (χ3n) is 12.1. The molecule has 5 nitrogen and oxygen atoms in total. The SMILES string of the molecule is CC(=O)O[C@H]1[C@@H](N2CCOCC2)C[C@H]2[C@@H]3CC[C@H]4C[C@@H](N(C)c5ccccc5)CC[C@]4(C)[C@H]3CC[C@@]21C. The van der Waals surface area contributed by atoms with E-state index in [4.69, 9.17) is 9.47 Å². The standard InChI is InChI=1S/C32H48N2O3/c1-22(35)37-30-29(34-16-18-36-19-17-34)21-28-26-11-10-23-20-25(33(4)24-8-6-5-7-9-24)12-14-31(23,2)27(26)13-15-32(28,30)3/h5-9,23,25-30H,10-21H2,1-4H3/t23-,25-,26+,27-,28-,29-,30-,31-,32-/m0/s1. The highest BCUT2D eigenvalue weighted by atomic mass is 16.5. The molecule has 0 N–H and O–H groups in total. The summed E-state index contributed by atoms with van der Waals surface area (Å²) in [6, 6.07) is 12.0. The van der Waals surface area contributed by atoms with Gasteiger partial charge in [-0.15, -0.1) is 0 Å². The molecule has 0 aromatic heterocycles. The number of carbonyl (C=O) groups excluding carboxylic acids is 1. The summed E-state index contributed by atoms with van der Waals surface area (Å²) in [5.74, 6) is 2.96. The van der Waals surface area contributed by atoms with Gasteiger partial charge in [-0.2, -0.15) is 0 Å². The fourth-order valence-electron chi connectivity index (χ4n) is 10.1. The summed E-state index contributed by atoms with van der Waals surface area (Å²) in [5, 5.41) is 0. The van der Waals surface area contributed by atoms with E-state index in [1.165, 1.54) is 57.1 Å². The summed E-state index contributed by atoms with van der Waals surface area (Å²) >= 11 is 0. The first-order valence-electron chi connectivity index (χ1n) is 15.1. The third-order valence-corrected chi connectivity index (χ3v) is 12.1. The number of para-hydroxylation sites is 1. The van der Waals surface area contributed by atoms with Crippen molar-refractivity contribution in [1.82, 2.24) is 4.90 Å². The second kappa shape index (κ2) is 9.86. The van der Waals surface area contributed by atoms with Crippen molar-refractivity contribution in [2.24, 2.45) is 34.5 Å². The van der Waals surface area contributed by atoms with Crippen LogP contribution >= 0.6 is 0 Å². The van der Waals surface area contributed by atoms with E-state index < -0.39 is 0 Å². The lowest BCUT2D eigenvalue weighted by Gasteiger charge is -2.61. The van der Waals surface area contributed by atoms with E-state index in [1.54, 1.807) is 6.92 Å². The number of hydrogen-bond donors (Lipinski definition) is 0. The Kier molecular flexibility index (Phi) is 6.84. The number of nitrogens with zero attached hydrogens (tertiary/aromatic N) is 2. The molecular weight excluding hydrogens is 460 g/mol. The number of ether oxygens (including phenoxy) is 2. The molecule has 9 atom stereocenters. The quantitative estimate of drug-likeness (QED) is 0.483. The molecule has 5 aliphatic rings. The molecule has 1 saturated heterocycles. The van der Waals surface area contributed by atoms with Gasteiger partial charge in [-0.1, -0.05) is 32.0 Å². The molecule has 0 spiro atoms. The predicted octanol–water partition coefficient (Wildman–Crippen LogP) is 5.78. The van der Waals surface area contributed by atoms with Crippen LogP contribution < -0.4 is 4.90 Å². The number of morpholine rings is 1. The highest BCUT2D eigenvalue weighted by Gasteiger charge is 2.64. The number of anilines is 1. The van der Waals surface area contributed by atoms with Crippen LogP contribution in [0.2, 0.25) is 0 Å². The van der Waals surface area contributed by atoms with Gasteiger partial charge in [0.2, 0.25) is 0 Å². The maximum absolute atomic E-state index is 12.3. The number of rotatable bonds is 4. The monoisotopic (exact) mass is 508 g/mol. The second-order valence-corrected chi connectivity index (χ2v) is 13.6. The van der Waals surface area contributed by atoms with E-state index in [0.29, 0.717) is 23.4 Å². The summed E-state index contributed by atoms with van der Waals surface area (Å²) in [4.78, 5) is 17.4. The van der Waals surface area contributed by atoms with Crippen molar-refractivity contribution in [2.75, 3.05) is 38.3 Å². The van der Waals surface area contributed by atoms with Crippen LogP contribution in [0.4, 0.5) is 5.69 Å². The average Bonchev–Trinajstić information content (AvgIpc) is 3.20. The van der Waals surface area contributed by atoms with Gasteiger partial charge in [0.05, 0.1) is 13.2 Å². The van der Waals surface area contributed by atoms with E-state index in [9.17, 15) is 4.79 Å². The summed E-state index contributed by atoms with van der Waals surface area (Å²) in [7, 11) is 2.31. The van der Waals surface area contributed by atoms with Crippen LogP contribution in [0, 0.1) is 34.5 Å². The molecule has 1 heterocycles. The van der Waals surface area contributed by atoms with Crippen LogP contribution in [0.1, 0.15) is 72.1 Å². The molecule has 204 valence electrons. The molecule has 1 aliphatic heterocycles. The Morgan fingerprint density at radius 1 is 0.973 bits per heavy atom. The van der Waals surface area contributed by atoms with E-state index in [0.717, 1.165) is 44.1 Å². The minimum Gasteiger partial charge on any atom is -0.460 e. The number of fused-ring (bicyclic) bond motifs is 5. The molecule has 5 fully saturated rings. The zero-order chi connectivity index (χ0) is 25.8. The van der Waals surface area contributed by atoms with E-state index in [2.05, 4.69) is 61.0 Å². The van der Waals surface area contributed by atoms with Crippen molar-refractivity contribution in [3.05, 3.63) is 30.3 Å². The zero-order valence-electron chi connectivity index (χ0n) is 23.5. The van der Waals surface area contributed by atoms with Crippen LogP contribution in [0.15, 0.2) is 30.3 Å². The highest BCUT2D eigenvalue weighted by molar-refractivity contribution is 5.66. The zero-order valence-corrected chi connectivity index (χ0v) is 23.5. The van der Waals surface area contributed by atoms with Gasteiger partial charge in [-0.3, -0.25) is 9.69 Å².